The van der Waals surface area contributed by atoms with Gasteiger partial charge in [0.15, 0.2) is 5.13 Å². The Bertz CT molecular complexity index is 1040. The topological polar surface area (TPSA) is 79.6 Å². The van der Waals surface area contributed by atoms with E-state index in [2.05, 4.69) is 22.9 Å². The number of nitrogens with zero attached hydrogens (tertiary/aromatic N) is 4. The van der Waals surface area contributed by atoms with Crippen molar-refractivity contribution in [1.82, 2.24) is 9.88 Å². The number of amides is 1. The van der Waals surface area contributed by atoms with E-state index in [0.717, 1.165) is 29.6 Å². The maximum absolute atomic E-state index is 13.3. The fourth-order valence-corrected chi connectivity index (χ4v) is 4.08. The summed E-state index contributed by atoms with van der Waals surface area (Å²) in [6, 6.07) is 12.0. The molecule has 160 valence electrons. The molecule has 0 radical (unpaired) electrons. The minimum Gasteiger partial charge on any atom is -0.309 e. The molecule has 0 atom stereocenters. The van der Waals surface area contributed by atoms with Gasteiger partial charge in [-0.15, -0.1) is 12.4 Å². The summed E-state index contributed by atoms with van der Waals surface area (Å²) in [5.41, 5.74) is 2.27. The number of anilines is 1. The number of hydrogen-bond acceptors (Lipinski definition) is 6. The van der Waals surface area contributed by atoms with Gasteiger partial charge >= 0.3 is 0 Å². The number of carbonyl (C=O) groups is 1. The molecule has 1 heterocycles. The second-order valence-corrected chi connectivity index (χ2v) is 8.08. The van der Waals surface area contributed by atoms with Crippen LogP contribution >= 0.6 is 23.7 Å². The van der Waals surface area contributed by atoms with Gasteiger partial charge < -0.3 is 4.90 Å². The summed E-state index contributed by atoms with van der Waals surface area (Å²) >= 11 is 1.47. The van der Waals surface area contributed by atoms with E-state index in [1.54, 1.807) is 11.0 Å². The third-order valence-corrected chi connectivity index (χ3v) is 5.66. The average molecular weight is 449 g/mol. The summed E-state index contributed by atoms with van der Waals surface area (Å²) in [5, 5.41) is 11.7. The number of aromatic nitrogens is 1. The van der Waals surface area contributed by atoms with Crippen LogP contribution in [0.3, 0.4) is 0 Å². The lowest BCUT2D eigenvalue weighted by Gasteiger charge is -2.21. The van der Waals surface area contributed by atoms with Crippen LogP contribution in [0.5, 0.6) is 0 Å². The van der Waals surface area contributed by atoms with E-state index in [1.165, 1.54) is 35.1 Å². The zero-order valence-electron chi connectivity index (χ0n) is 17.2. The number of nitro benzene ring substituents is 1. The van der Waals surface area contributed by atoms with Crippen molar-refractivity contribution in [3.8, 4) is 0 Å². The van der Waals surface area contributed by atoms with E-state index in [0.29, 0.717) is 11.7 Å². The highest BCUT2D eigenvalue weighted by molar-refractivity contribution is 7.22. The molecular formula is C21H25ClN4O3S. The van der Waals surface area contributed by atoms with Crippen molar-refractivity contribution in [2.75, 3.05) is 32.1 Å². The molecule has 0 saturated heterocycles. The lowest BCUT2D eigenvalue weighted by molar-refractivity contribution is -0.384. The number of benzene rings is 2. The Morgan fingerprint density at radius 3 is 2.60 bits per heavy atom. The quantitative estimate of drug-likeness (QED) is 0.365. The smallest absolute Gasteiger partial charge is 0.270 e. The molecule has 7 nitrogen and oxygen atoms in total. The minimum atomic E-state index is -0.489. The number of non-ortho nitro benzene ring substituents is 1. The van der Waals surface area contributed by atoms with Gasteiger partial charge in [-0.1, -0.05) is 30.4 Å². The number of nitro groups is 1. The fraction of sp³-hybridized carbons (Fsp3) is 0.333. The third-order valence-electron chi connectivity index (χ3n) is 4.62. The Balaban J connectivity index is 0.00000320. The molecule has 0 aliphatic carbocycles. The van der Waals surface area contributed by atoms with Crippen LogP contribution in [-0.2, 0) is 6.42 Å². The number of thiazole rings is 1. The monoisotopic (exact) mass is 448 g/mol. The first-order valence-corrected chi connectivity index (χ1v) is 10.3. The summed E-state index contributed by atoms with van der Waals surface area (Å²) in [7, 11) is 3.97. The molecule has 0 aliphatic rings. The van der Waals surface area contributed by atoms with Crippen molar-refractivity contribution in [2.45, 2.75) is 19.8 Å². The van der Waals surface area contributed by atoms with Crippen LogP contribution in [0.15, 0.2) is 42.5 Å². The molecule has 1 aromatic heterocycles. The van der Waals surface area contributed by atoms with Gasteiger partial charge in [0.05, 0.1) is 15.1 Å². The fourth-order valence-electron chi connectivity index (χ4n) is 3.03. The summed E-state index contributed by atoms with van der Waals surface area (Å²) in [6.45, 7) is 3.41. The number of fused-ring (bicyclic) bond motifs is 1. The number of carbonyl (C=O) groups excluding carboxylic acids is 1. The first kappa shape index (κ1) is 23.7. The molecule has 0 bridgehead atoms. The maximum Gasteiger partial charge on any atom is 0.270 e. The zero-order valence-corrected chi connectivity index (χ0v) is 18.8. The highest BCUT2D eigenvalue weighted by Crippen LogP contribution is 2.31. The molecule has 0 unspecified atom stereocenters. The van der Waals surface area contributed by atoms with Crippen LogP contribution in [-0.4, -0.2) is 47.9 Å². The SMILES string of the molecule is CCc1ccc2nc(N(CCCN(C)C)C(=O)c3cccc([N+](=O)[O-])c3)sc2c1.Cl. The predicted octanol–water partition coefficient (Wildman–Crippen LogP) is 4.79. The lowest BCUT2D eigenvalue weighted by atomic mass is 10.1. The van der Waals surface area contributed by atoms with Crippen LogP contribution in [0.25, 0.3) is 10.2 Å². The first-order valence-electron chi connectivity index (χ1n) is 9.49. The van der Waals surface area contributed by atoms with Crippen LogP contribution in [0.2, 0.25) is 0 Å². The minimum absolute atomic E-state index is 0. The van der Waals surface area contributed by atoms with Gasteiger partial charge in [-0.3, -0.25) is 19.8 Å². The molecular weight excluding hydrogens is 424 g/mol. The zero-order chi connectivity index (χ0) is 21.0. The molecule has 30 heavy (non-hydrogen) atoms. The molecule has 0 fully saturated rings. The van der Waals surface area contributed by atoms with Crippen LogP contribution < -0.4 is 4.90 Å². The standard InChI is InChI=1S/C21H24N4O3S.ClH/c1-4-15-9-10-18-19(13-15)29-21(22-18)24(12-6-11-23(2)3)20(26)16-7-5-8-17(14-16)25(27)28;/h5,7-10,13-14H,4,6,11-12H2,1-3H3;1H. The molecule has 2 aromatic carbocycles. The van der Waals surface area contributed by atoms with Gasteiger partial charge in [0.1, 0.15) is 0 Å². The second-order valence-electron chi connectivity index (χ2n) is 7.07. The van der Waals surface area contributed by atoms with Gasteiger partial charge in [-0.2, -0.15) is 0 Å². The van der Waals surface area contributed by atoms with E-state index in [9.17, 15) is 14.9 Å². The molecule has 0 spiro atoms. The third kappa shape index (κ3) is 5.53. The van der Waals surface area contributed by atoms with Crippen molar-refractivity contribution < 1.29 is 9.72 Å². The van der Waals surface area contributed by atoms with E-state index in [1.807, 2.05) is 26.2 Å². The normalized spacial score (nSPS) is 10.8. The van der Waals surface area contributed by atoms with E-state index < -0.39 is 4.92 Å². The van der Waals surface area contributed by atoms with Crippen molar-refractivity contribution in [3.05, 3.63) is 63.7 Å². The number of rotatable bonds is 8. The molecule has 9 heteroatoms. The largest absolute Gasteiger partial charge is 0.309 e. The van der Waals surface area contributed by atoms with Gasteiger partial charge in [0, 0.05) is 24.2 Å². The van der Waals surface area contributed by atoms with Crippen molar-refractivity contribution in [2.24, 2.45) is 0 Å². The lowest BCUT2D eigenvalue weighted by Crippen LogP contribution is -2.33. The van der Waals surface area contributed by atoms with Gasteiger partial charge in [-0.05, 0) is 57.2 Å². The second kappa shape index (κ2) is 10.5. The molecule has 0 N–H and O–H groups in total. The van der Waals surface area contributed by atoms with Gasteiger partial charge in [-0.25, -0.2) is 4.98 Å². The molecule has 0 aliphatic heterocycles. The van der Waals surface area contributed by atoms with E-state index >= 15 is 0 Å². The highest BCUT2D eigenvalue weighted by atomic mass is 35.5. The average Bonchev–Trinajstić information content (AvgIpc) is 3.13. The number of aryl methyl sites for hydroxylation is 1. The van der Waals surface area contributed by atoms with E-state index in [4.69, 9.17) is 0 Å². The highest BCUT2D eigenvalue weighted by Gasteiger charge is 2.22. The molecule has 1 amide bonds. The summed E-state index contributed by atoms with van der Waals surface area (Å²) in [5.74, 6) is -0.276. The van der Waals surface area contributed by atoms with Crippen molar-refractivity contribution >= 4 is 50.7 Å². The van der Waals surface area contributed by atoms with Crippen molar-refractivity contribution in [3.63, 3.8) is 0 Å². The Morgan fingerprint density at radius 2 is 1.93 bits per heavy atom. The Hall–Kier alpha value is -2.55. The predicted molar refractivity (Wildman–Crippen MR) is 124 cm³/mol. The summed E-state index contributed by atoms with van der Waals surface area (Å²) < 4.78 is 1.03. The van der Waals surface area contributed by atoms with Crippen LogP contribution in [0.4, 0.5) is 10.8 Å². The molecule has 3 rings (SSSR count). The van der Waals surface area contributed by atoms with E-state index in [-0.39, 0.29) is 29.6 Å². The Labute approximate surface area is 185 Å². The van der Waals surface area contributed by atoms with Crippen LogP contribution in [0, 0.1) is 10.1 Å². The molecule has 0 saturated carbocycles. The summed E-state index contributed by atoms with van der Waals surface area (Å²) in [4.78, 5) is 32.2. The number of halogens is 1. The Kier molecular flexibility index (Phi) is 8.28. The molecule has 3 aromatic rings. The first-order chi connectivity index (χ1) is 13.9. The maximum atomic E-state index is 13.3. The van der Waals surface area contributed by atoms with Crippen LogP contribution in [0.1, 0.15) is 29.3 Å². The summed E-state index contributed by atoms with van der Waals surface area (Å²) in [6.07, 6.45) is 1.70. The van der Waals surface area contributed by atoms with Gasteiger partial charge in [0.2, 0.25) is 0 Å². The van der Waals surface area contributed by atoms with Gasteiger partial charge in [0.25, 0.3) is 11.6 Å². The number of hydrogen-bond donors (Lipinski definition) is 0. The van der Waals surface area contributed by atoms with Crippen molar-refractivity contribution in [1.29, 1.82) is 0 Å². The Morgan fingerprint density at radius 1 is 1.17 bits per heavy atom.